The number of carbonyl (C=O) groups is 2. The van der Waals surface area contributed by atoms with Crippen LogP contribution in [0.5, 0.6) is 0 Å². The van der Waals surface area contributed by atoms with E-state index in [1.165, 1.54) is 24.6 Å². The molecule has 2 amide bonds. The highest BCUT2D eigenvalue weighted by atomic mass is 19.1. The van der Waals surface area contributed by atoms with Crippen molar-refractivity contribution in [3.8, 4) is 0 Å². The molecule has 136 valence electrons. The average molecular weight is 347 g/mol. The van der Waals surface area contributed by atoms with Crippen LogP contribution >= 0.6 is 0 Å². The Morgan fingerprint density at radius 1 is 1.24 bits per heavy atom. The molecule has 0 bridgehead atoms. The smallest absolute Gasteiger partial charge is 0.251 e. The predicted octanol–water partition coefficient (Wildman–Crippen LogP) is 2.99. The zero-order chi connectivity index (χ0) is 18.3. The van der Waals surface area contributed by atoms with Crippen molar-refractivity contribution in [3.63, 3.8) is 0 Å². The summed E-state index contributed by atoms with van der Waals surface area (Å²) in [6, 6.07) is 4.10. The minimum Gasteiger partial charge on any atom is -0.347 e. The highest BCUT2D eigenvalue weighted by Crippen LogP contribution is 2.28. The van der Waals surface area contributed by atoms with Gasteiger partial charge in [-0.2, -0.15) is 0 Å². The number of benzene rings is 1. The standard InChI is InChI=1S/C19H26FN3O2/c1-19(10-4-3-5-11-19)23-18(25)14-8-9-16(15(20)13-14)22-17(24)7-6-12-21-2/h6-9,13,21H,3-5,10-12H2,1-2H3,(H,22,24)(H,23,25)/b7-6+. The van der Waals surface area contributed by atoms with E-state index in [1.807, 2.05) is 6.92 Å². The lowest BCUT2D eigenvalue weighted by atomic mass is 9.83. The molecule has 1 aromatic carbocycles. The van der Waals surface area contributed by atoms with Crippen LogP contribution in [-0.2, 0) is 4.79 Å². The number of likely N-dealkylation sites (N-methyl/N-ethyl adjacent to an activating group) is 1. The van der Waals surface area contributed by atoms with Crippen LogP contribution in [0.1, 0.15) is 49.4 Å². The zero-order valence-electron chi connectivity index (χ0n) is 14.8. The fourth-order valence-electron chi connectivity index (χ4n) is 3.02. The van der Waals surface area contributed by atoms with Gasteiger partial charge in [-0.25, -0.2) is 4.39 Å². The SMILES string of the molecule is CNC/C=C/C(=O)Nc1ccc(C(=O)NC2(C)CCCCC2)cc1F. The fraction of sp³-hybridized carbons (Fsp3) is 0.474. The minimum atomic E-state index is -0.628. The third-order valence-electron chi connectivity index (χ3n) is 4.45. The molecule has 5 nitrogen and oxygen atoms in total. The fourth-order valence-corrected chi connectivity index (χ4v) is 3.02. The Kier molecular flexibility index (Phi) is 6.70. The van der Waals surface area contributed by atoms with Gasteiger partial charge in [0.2, 0.25) is 5.91 Å². The largest absolute Gasteiger partial charge is 0.347 e. The topological polar surface area (TPSA) is 70.2 Å². The van der Waals surface area contributed by atoms with Crippen LogP contribution in [0, 0.1) is 5.82 Å². The number of nitrogens with one attached hydrogen (secondary N) is 3. The van der Waals surface area contributed by atoms with E-state index in [1.54, 1.807) is 13.1 Å². The summed E-state index contributed by atoms with van der Waals surface area (Å²) < 4.78 is 14.2. The van der Waals surface area contributed by atoms with E-state index in [2.05, 4.69) is 16.0 Å². The molecule has 6 heteroatoms. The summed E-state index contributed by atoms with van der Waals surface area (Å²) in [5.74, 6) is -1.33. The third kappa shape index (κ3) is 5.67. The Balaban J connectivity index is 2.00. The molecular weight excluding hydrogens is 321 g/mol. The summed E-state index contributed by atoms with van der Waals surface area (Å²) in [4.78, 5) is 24.1. The molecule has 1 fully saturated rings. The molecule has 25 heavy (non-hydrogen) atoms. The average Bonchev–Trinajstić information content (AvgIpc) is 2.57. The van der Waals surface area contributed by atoms with Crippen molar-refractivity contribution in [2.75, 3.05) is 18.9 Å². The quantitative estimate of drug-likeness (QED) is 0.693. The molecule has 0 saturated heterocycles. The Bertz CT molecular complexity index is 652. The molecule has 1 aliphatic rings. The molecule has 0 unspecified atom stereocenters. The number of hydrogen-bond acceptors (Lipinski definition) is 3. The second kappa shape index (κ2) is 8.76. The molecule has 0 spiro atoms. The summed E-state index contributed by atoms with van der Waals surface area (Å²) in [6.07, 6.45) is 8.23. The molecular formula is C19H26FN3O2. The number of rotatable bonds is 6. The van der Waals surface area contributed by atoms with Gasteiger partial charge in [-0.1, -0.05) is 25.3 Å². The van der Waals surface area contributed by atoms with Gasteiger partial charge in [0.1, 0.15) is 5.82 Å². The highest BCUT2D eigenvalue weighted by molar-refractivity contribution is 6.00. The lowest BCUT2D eigenvalue weighted by Crippen LogP contribution is -2.47. The van der Waals surface area contributed by atoms with Crippen molar-refractivity contribution in [2.45, 2.75) is 44.6 Å². The molecule has 0 aromatic heterocycles. The molecule has 0 radical (unpaired) electrons. The first kappa shape index (κ1) is 19.1. The number of halogens is 1. The normalized spacial score (nSPS) is 16.6. The third-order valence-corrected chi connectivity index (χ3v) is 4.45. The number of amides is 2. The van der Waals surface area contributed by atoms with Crippen LogP contribution in [0.3, 0.4) is 0 Å². The maximum absolute atomic E-state index is 14.2. The summed E-state index contributed by atoms with van der Waals surface area (Å²) in [5.41, 5.74) is 0.0872. The Morgan fingerprint density at radius 3 is 2.60 bits per heavy atom. The van der Waals surface area contributed by atoms with Gasteiger partial charge in [0.25, 0.3) is 5.91 Å². The Labute approximate surface area is 148 Å². The van der Waals surface area contributed by atoms with Crippen molar-refractivity contribution in [1.82, 2.24) is 10.6 Å². The molecule has 0 heterocycles. The first-order valence-electron chi connectivity index (χ1n) is 8.68. The van der Waals surface area contributed by atoms with Crippen molar-refractivity contribution >= 4 is 17.5 Å². The molecule has 1 saturated carbocycles. The first-order chi connectivity index (χ1) is 11.9. The van der Waals surface area contributed by atoms with Crippen molar-refractivity contribution in [2.24, 2.45) is 0 Å². The van der Waals surface area contributed by atoms with Crippen LogP contribution in [-0.4, -0.2) is 30.9 Å². The summed E-state index contributed by atoms with van der Waals surface area (Å²) in [7, 11) is 1.76. The summed E-state index contributed by atoms with van der Waals surface area (Å²) in [6.45, 7) is 2.58. The van der Waals surface area contributed by atoms with Crippen molar-refractivity contribution in [1.29, 1.82) is 0 Å². The molecule has 2 rings (SSSR count). The van der Waals surface area contributed by atoms with Crippen molar-refractivity contribution < 1.29 is 14.0 Å². The molecule has 1 aromatic rings. The van der Waals surface area contributed by atoms with E-state index in [0.29, 0.717) is 6.54 Å². The molecule has 3 N–H and O–H groups in total. The lowest BCUT2D eigenvalue weighted by Gasteiger charge is -2.34. The van der Waals surface area contributed by atoms with Gasteiger partial charge in [0.15, 0.2) is 0 Å². The van der Waals surface area contributed by atoms with E-state index in [-0.39, 0.29) is 22.7 Å². The number of hydrogen-bond donors (Lipinski definition) is 3. The summed E-state index contributed by atoms with van der Waals surface area (Å²) >= 11 is 0. The van der Waals surface area contributed by atoms with Crippen molar-refractivity contribution in [3.05, 3.63) is 41.7 Å². The van der Waals surface area contributed by atoms with Crippen LogP contribution in [0.25, 0.3) is 0 Å². The van der Waals surface area contributed by atoms with Crippen LogP contribution in [0.2, 0.25) is 0 Å². The Hall–Kier alpha value is -2.21. The van der Waals surface area contributed by atoms with E-state index < -0.39 is 11.7 Å². The van der Waals surface area contributed by atoms with Gasteiger partial charge in [0, 0.05) is 23.7 Å². The van der Waals surface area contributed by atoms with E-state index in [0.717, 1.165) is 31.7 Å². The van der Waals surface area contributed by atoms with E-state index in [4.69, 9.17) is 0 Å². The van der Waals surface area contributed by atoms with E-state index in [9.17, 15) is 14.0 Å². The van der Waals surface area contributed by atoms with Gasteiger partial charge in [-0.05, 0) is 45.0 Å². The van der Waals surface area contributed by atoms with Gasteiger partial charge >= 0.3 is 0 Å². The molecule has 0 atom stereocenters. The van der Waals surface area contributed by atoms with Gasteiger partial charge in [-0.15, -0.1) is 0 Å². The van der Waals surface area contributed by atoms with E-state index >= 15 is 0 Å². The monoisotopic (exact) mass is 347 g/mol. The second-order valence-corrected chi connectivity index (χ2v) is 6.72. The van der Waals surface area contributed by atoms with Gasteiger partial charge < -0.3 is 16.0 Å². The second-order valence-electron chi connectivity index (χ2n) is 6.72. The Morgan fingerprint density at radius 2 is 1.96 bits per heavy atom. The molecule has 0 aliphatic heterocycles. The number of carbonyl (C=O) groups excluding carboxylic acids is 2. The lowest BCUT2D eigenvalue weighted by molar-refractivity contribution is -0.111. The molecule has 1 aliphatic carbocycles. The first-order valence-corrected chi connectivity index (χ1v) is 8.68. The van der Waals surface area contributed by atoms with Gasteiger partial charge in [-0.3, -0.25) is 9.59 Å². The predicted molar refractivity (Wildman–Crippen MR) is 97.1 cm³/mol. The van der Waals surface area contributed by atoms with Crippen LogP contribution in [0.4, 0.5) is 10.1 Å². The zero-order valence-corrected chi connectivity index (χ0v) is 14.8. The number of anilines is 1. The van der Waals surface area contributed by atoms with Gasteiger partial charge in [0.05, 0.1) is 5.69 Å². The summed E-state index contributed by atoms with van der Waals surface area (Å²) in [5, 5.41) is 8.36. The maximum atomic E-state index is 14.2. The maximum Gasteiger partial charge on any atom is 0.251 e. The highest BCUT2D eigenvalue weighted by Gasteiger charge is 2.28. The van der Waals surface area contributed by atoms with Crippen LogP contribution < -0.4 is 16.0 Å². The van der Waals surface area contributed by atoms with Crippen LogP contribution in [0.15, 0.2) is 30.4 Å². The minimum absolute atomic E-state index is 0.0551.